The van der Waals surface area contributed by atoms with E-state index in [1.807, 2.05) is 0 Å². The summed E-state index contributed by atoms with van der Waals surface area (Å²) in [5, 5.41) is 2.97. The Hall–Kier alpha value is -0.910. The molecule has 1 N–H and O–H groups in total. The second-order valence-electron chi connectivity index (χ2n) is 6.19. The third kappa shape index (κ3) is 4.30. The maximum atomic E-state index is 11.8. The molecular formula is C14H23NO4S. The van der Waals surface area contributed by atoms with Crippen LogP contribution in [0.5, 0.6) is 0 Å². The third-order valence-corrected chi connectivity index (χ3v) is 6.32. The van der Waals surface area contributed by atoms with Crippen LogP contribution in [0.25, 0.3) is 0 Å². The van der Waals surface area contributed by atoms with E-state index in [-0.39, 0.29) is 41.1 Å². The standard InChI is InChI=1S/C14H23NO4S/c1-10(16)12-3-4-13(8-12)15-14(17)5-2-11-6-7-20(18,19)9-11/h11-13H,2-9H2,1H3,(H,15,17)/t11?,12-,13-/m1/s1. The van der Waals surface area contributed by atoms with Gasteiger partial charge in [-0.15, -0.1) is 0 Å². The Labute approximate surface area is 120 Å². The molecule has 1 heterocycles. The van der Waals surface area contributed by atoms with Gasteiger partial charge in [-0.1, -0.05) is 0 Å². The Balaban J connectivity index is 1.68. The smallest absolute Gasteiger partial charge is 0.220 e. The van der Waals surface area contributed by atoms with E-state index >= 15 is 0 Å². The molecule has 2 fully saturated rings. The second kappa shape index (κ2) is 6.24. The summed E-state index contributed by atoms with van der Waals surface area (Å²) in [6.07, 6.45) is 4.20. The van der Waals surface area contributed by atoms with Crippen LogP contribution in [0, 0.1) is 11.8 Å². The van der Waals surface area contributed by atoms with Gasteiger partial charge in [-0.25, -0.2) is 8.42 Å². The number of nitrogens with one attached hydrogen (secondary N) is 1. The average molecular weight is 301 g/mol. The van der Waals surface area contributed by atoms with Gasteiger partial charge < -0.3 is 5.32 Å². The number of carbonyl (C=O) groups excluding carboxylic acids is 2. The second-order valence-corrected chi connectivity index (χ2v) is 8.42. The van der Waals surface area contributed by atoms with Gasteiger partial charge in [-0.2, -0.15) is 0 Å². The van der Waals surface area contributed by atoms with Crippen LogP contribution in [-0.2, 0) is 19.4 Å². The first-order chi connectivity index (χ1) is 9.35. The molecule has 3 atom stereocenters. The molecular weight excluding hydrogens is 278 g/mol. The van der Waals surface area contributed by atoms with E-state index in [9.17, 15) is 18.0 Å². The molecule has 0 aromatic heterocycles. The van der Waals surface area contributed by atoms with Gasteiger partial charge in [0.2, 0.25) is 5.91 Å². The van der Waals surface area contributed by atoms with Gasteiger partial charge >= 0.3 is 0 Å². The summed E-state index contributed by atoms with van der Waals surface area (Å²) < 4.78 is 22.7. The van der Waals surface area contributed by atoms with E-state index in [0.717, 1.165) is 19.3 Å². The molecule has 1 unspecified atom stereocenters. The fraction of sp³-hybridized carbons (Fsp3) is 0.857. The maximum Gasteiger partial charge on any atom is 0.220 e. The van der Waals surface area contributed by atoms with Crippen LogP contribution in [-0.4, -0.2) is 37.7 Å². The maximum absolute atomic E-state index is 11.8. The van der Waals surface area contributed by atoms with E-state index in [2.05, 4.69) is 5.32 Å². The third-order valence-electron chi connectivity index (χ3n) is 4.48. The Morgan fingerprint density at radius 3 is 2.50 bits per heavy atom. The van der Waals surface area contributed by atoms with Crippen molar-refractivity contribution < 1.29 is 18.0 Å². The molecule has 1 saturated carbocycles. The zero-order chi connectivity index (χ0) is 14.8. The lowest BCUT2D eigenvalue weighted by molar-refractivity contribution is -0.123. The zero-order valence-electron chi connectivity index (χ0n) is 11.9. The lowest BCUT2D eigenvalue weighted by atomic mass is 10.0. The predicted octanol–water partition coefficient (Wildman–Crippen LogP) is 1.08. The molecule has 0 spiro atoms. The van der Waals surface area contributed by atoms with Crippen molar-refractivity contribution in [3.63, 3.8) is 0 Å². The summed E-state index contributed by atoms with van der Waals surface area (Å²) in [5.41, 5.74) is 0. The van der Waals surface area contributed by atoms with E-state index in [4.69, 9.17) is 0 Å². The first-order valence-corrected chi connectivity index (χ1v) is 9.18. The number of hydrogen-bond acceptors (Lipinski definition) is 4. The largest absolute Gasteiger partial charge is 0.353 e. The van der Waals surface area contributed by atoms with Gasteiger partial charge in [0.15, 0.2) is 9.84 Å². The van der Waals surface area contributed by atoms with Gasteiger partial charge in [-0.05, 0) is 44.9 Å². The minimum Gasteiger partial charge on any atom is -0.353 e. The fourth-order valence-corrected chi connectivity index (χ4v) is 5.13. The summed E-state index contributed by atoms with van der Waals surface area (Å²) in [6, 6.07) is 0.115. The van der Waals surface area contributed by atoms with Crippen molar-refractivity contribution in [2.24, 2.45) is 11.8 Å². The van der Waals surface area contributed by atoms with E-state index in [0.29, 0.717) is 19.3 Å². The highest BCUT2D eigenvalue weighted by Crippen LogP contribution is 2.27. The molecule has 0 radical (unpaired) electrons. The fourth-order valence-electron chi connectivity index (χ4n) is 3.22. The summed E-state index contributed by atoms with van der Waals surface area (Å²) in [5.74, 6) is 0.930. The Kier molecular flexibility index (Phi) is 4.83. The molecule has 20 heavy (non-hydrogen) atoms. The highest BCUT2D eigenvalue weighted by molar-refractivity contribution is 7.91. The van der Waals surface area contributed by atoms with Gasteiger partial charge in [0, 0.05) is 18.4 Å². The van der Waals surface area contributed by atoms with Crippen molar-refractivity contribution in [1.82, 2.24) is 5.32 Å². The highest BCUT2D eigenvalue weighted by atomic mass is 32.2. The quantitative estimate of drug-likeness (QED) is 0.824. The number of sulfone groups is 1. The predicted molar refractivity (Wildman–Crippen MR) is 75.9 cm³/mol. The summed E-state index contributed by atoms with van der Waals surface area (Å²) >= 11 is 0. The monoisotopic (exact) mass is 301 g/mol. The van der Waals surface area contributed by atoms with Crippen molar-refractivity contribution in [2.45, 2.75) is 51.5 Å². The minimum atomic E-state index is -2.85. The zero-order valence-corrected chi connectivity index (χ0v) is 12.7. The van der Waals surface area contributed by atoms with Gasteiger partial charge in [0.25, 0.3) is 0 Å². The normalized spacial score (nSPS) is 32.1. The lowest BCUT2D eigenvalue weighted by Crippen LogP contribution is -2.33. The topological polar surface area (TPSA) is 80.3 Å². The number of rotatable bonds is 5. The van der Waals surface area contributed by atoms with Crippen molar-refractivity contribution in [3.8, 4) is 0 Å². The Morgan fingerprint density at radius 1 is 1.20 bits per heavy atom. The van der Waals surface area contributed by atoms with Crippen LogP contribution in [0.4, 0.5) is 0 Å². The van der Waals surface area contributed by atoms with Gasteiger partial charge in [0.1, 0.15) is 5.78 Å². The first-order valence-electron chi connectivity index (χ1n) is 7.36. The average Bonchev–Trinajstić information content (AvgIpc) is 2.93. The molecule has 6 heteroatoms. The van der Waals surface area contributed by atoms with Crippen molar-refractivity contribution in [1.29, 1.82) is 0 Å². The lowest BCUT2D eigenvalue weighted by Gasteiger charge is -2.13. The van der Waals surface area contributed by atoms with Gasteiger partial charge in [0.05, 0.1) is 11.5 Å². The summed E-state index contributed by atoms with van der Waals surface area (Å²) in [6.45, 7) is 1.61. The SMILES string of the molecule is CC(=O)[C@@H]1CC[C@@H](NC(=O)CCC2CCS(=O)(=O)C2)C1. The van der Waals surface area contributed by atoms with Crippen LogP contribution in [0.15, 0.2) is 0 Å². The van der Waals surface area contributed by atoms with E-state index in [1.165, 1.54) is 0 Å². The van der Waals surface area contributed by atoms with Crippen molar-refractivity contribution >= 4 is 21.5 Å². The molecule has 114 valence electrons. The molecule has 1 saturated heterocycles. The number of hydrogen-bond donors (Lipinski definition) is 1. The highest BCUT2D eigenvalue weighted by Gasteiger charge is 2.30. The molecule has 0 bridgehead atoms. The minimum absolute atomic E-state index is 0.0106. The van der Waals surface area contributed by atoms with Crippen LogP contribution in [0.3, 0.4) is 0 Å². The number of carbonyl (C=O) groups is 2. The molecule has 1 aliphatic carbocycles. The number of ketones is 1. The summed E-state index contributed by atoms with van der Waals surface area (Å²) in [4.78, 5) is 23.1. The van der Waals surface area contributed by atoms with Crippen LogP contribution < -0.4 is 5.32 Å². The van der Waals surface area contributed by atoms with Crippen molar-refractivity contribution in [3.05, 3.63) is 0 Å². The number of Topliss-reactive ketones (excluding diaryl/α,β-unsaturated/α-hetero) is 1. The van der Waals surface area contributed by atoms with Gasteiger partial charge in [-0.3, -0.25) is 9.59 Å². The van der Waals surface area contributed by atoms with Crippen LogP contribution >= 0.6 is 0 Å². The summed E-state index contributed by atoms with van der Waals surface area (Å²) in [7, 11) is -2.85. The molecule has 1 amide bonds. The Bertz CT molecular complexity index is 485. The molecule has 5 nitrogen and oxygen atoms in total. The van der Waals surface area contributed by atoms with E-state index in [1.54, 1.807) is 6.92 Å². The molecule has 0 aromatic rings. The van der Waals surface area contributed by atoms with Crippen LogP contribution in [0.2, 0.25) is 0 Å². The molecule has 2 aliphatic rings. The molecule has 2 rings (SSSR count). The van der Waals surface area contributed by atoms with E-state index < -0.39 is 9.84 Å². The first kappa shape index (κ1) is 15.5. The molecule has 1 aliphatic heterocycles. The number of amides is 1. The Morgan fingerprint density at radius 2 is 1.95 bits per heavy atom. The van der Waals surface area contributed by atoms with Crippen molar-refractivity contribution in [2.75, 3.05) is 11.5 Å². The van der Waals surface area contributed by atoms with Crippen LogP contribution in [0.1, 0.15) is 45.4 Å². The molecule has 0 aromatic carbocycles.